The Hall–Kier alpha value is -0.960. The summed E-state index contributed by atoms with van der Waals surface area (Å²) in [7, 11) is -9.73. The number of nitrogens with zero attached hydrogens (tertiary/aromatic N) is 2. The second-order valence-corrected chi connectivity index (χ2v) is 9.80. The van der Waals surface area contributed by atoms with Gasteiger partial charge in [0.25, 0.3) is 43.9 Å². The maximum atomic E-state index is 11.7. The number of imide groups is 2. The first-order valence-electron chi connectivity index (χ1n) is 8.70. The van der Waals surface area contributed by atoms with Gasteiger partial charge in [0.05, 0.1) is 12.8 Å². The maximum Gasteiger partial charge on any atom is 0.333 e. The number of hydrogen-bond acceptors (Lipinski definition) is 12. The quantitative estimate of drug-likeness (QED) is 0.125. The fraction of sp³-hybridized carbons (Fsp3) is 0.571. The van der Waals surface area contributed by atoms with Gasteiger partial charge in [0.1, 0.15) is 0 Å². The van der Waals surface area contributed by atoms with E-state index in [1.807, 2.05) is 0 Å². The second kappa shape index (κ2) is 12.8. The molecule has 0 aromatic heterocycles. The number of carbonyl (C=O) groups excluding carboxylic acids is 6. The summed E-state index contributed by atoms with van der Waals surface area (Å²) >= 11 is 0. The van der Waals surface area contributed by atoms with E-state index in [1.54, 1.807) is 0 Å². The van der Waals surface area contributed by atoms with E-state index in [9.17, 15) is 45.6 Å². The van der Waals surface area contributed by atoms with E-state index >= 15 is 0 Å². The van der Waals surface area contributed by atoms with Gasteiger partial charge in [-0.2, -0.15) is 16.8 Å². The Labute approximate surface area is 236 Å². The van der Waals surface area contributed by atoms with Gasteiger partial charge >= 0.3 is 11.9 Å². The Kier molecular flexibility index (Phi) is 12.5. The Morgan fingerprint density at radius 1 is 0.735 bits per heavy atom. The van der Waals surface area contributed by atoms with Gasteiger partial charge in [0.2, 0.25) is 0 Å². The summed E-state index contributed by atoms with van der Waals surface area (Å²) in [5.41, 5.74) is 0. The molecule has 0 aromatic rings. The average molecular weight is 546 g/mol. The minimum absolute atomic E-state index is 0. The van der Waals surface area contributed by atoms with Gasteiger partial charge in [-0.05, 0) is 12.8 Å². The van der Waals surface area contributed by atoms with Crippen LogP contribution in [0.4, 0.5) is 0 Å². The van der Waals surface area contributed by atoms with E-state index in [-0.39, 0.29) is 82.1 Å². The van der Waals surface area contributed by atoms with Crippen LogP contribution in [0, 0.1) is 0 Å². The van der Waals surface area contributed by atoms with E-state index in [1.165, 1.54) is 0 Å². The number of amides is 4. The molecule has 2 unspecified atom stereocenters. The van der Waals surface area contributed by atoms with Gasteiger partial charge < -0.3 is 9.68 Å². The molecule has 0 spiro atoms. The number of hydroxylamine groups is 4. The standard InChI is InChI=1S/C14H16N2O14S2.2Na/c17-9-5-7(31(23,24)25)13(21)15(9)29-11(19)3-1-2-4-12(20)30-16-10(18)6-8(14(16)22)32(26,27)28;;/h7-8H,1-6H2,(H,23,24,25)(H,26,27,28);;. The summed E-state index contributed by atoms with van der Waals surface area (Å²) in [6.07, 6.45) is -2.81. The molecule has 2 radical (unpaired) electrons. The minimum Gasteiger partial charge on any atom is -0.330 e. The van der Waals surface area contributed by atoms with Crippen LogP contribution in [-0.4, -0.2) is 141 Å². The summed E-state index contributed by atoms with van der Waals surface area (Å²) in [5, 5.41) is -4.31. The van der Waals surface area contributed by atoms with E-state index < -0.39 is 92.0 Å². The topological polar surface area (TPSA) is 236 Å². The van der Waals surface area contributed by atoms with Crippen molar-refractivity contribution in [2.24, 2.45) is 0 Å². The van der Waals surface area contributed by atoms with Crippen LogP contribution in [0.15, 0.2) is 0 Å². The molecule has 180 valence electrons. The fourth-order valence-electron chi connectivity index (χ4n) is 2.66. The summed E-state index contributed by atoms with van der Waals surface area (Å²) in [6, 6.07) is 0. The predicted molar refractivity (Wildman–Crippen MR) is 106 cm³/mol. The van der Waals surface area contributed by atoms with E-state index in [0.717, 1.165) is 0 Å². The van der Waals surface area contributed by atoms with Crippen molar-refractivity contribution in [1.82, 2.24) is 10.1 Å². The summed E-state index contributed by atoms with van der Waals surface area (Å²) < 4.78 is 61.8. The third kappa shape index (κ3) is 8.32. The molecule has 0 bridgehead atoms. The van der Waals surface area contributed by atoms with E-state index in [2.05, 4.69) is 9.68 Å². The normalized spacial score (nSPS) is 20.6. The third-order valence-electron chi connectivity index (χ3n) is 4.24. The molecule has 34 heavy (non-hydrogen) atoms. The van der Waals surface area contributed by atoms with Crippen molar-refractivity contribution in [3.05, 3.63) is 0 Å². The van der Waals surface area contributed by atoms with Crippen LogP contribution in [0.5, 0.6) is 0 Å². The molecule has 2 saturated heterocycles. The van der Waals surface area contributed by atoms with Crippen LogP contribution in [0.25, 0.3) is 0 Å². The van der Waals surface area contributed by atoms with Crippen molar-refractivity contribution in [2.75, 3.05) is 0 Å². The van der Waals surface area contributed by atoms with Gasteiger partial charge in [0.15, 0.2) is 10.5 Å². The van der Waals surface area contributed by atoms with Crippen LogP contribution in [0.2, 0.25) is 0 Å². The Balaban J connectivity index is 0.00000544. The molecule has 20 heteroatoms. The van der Waals surface area contributed by atoms with Crippen molar-refractivity contribution in [2.45, 2.75) is 49.0 Å². The number of hydrogen-bond donors (Lipinski definition) is 2. The molecule has 0 saturated carbocycles. The van der Waals surface area contributed by atoms with Crippen molar-refractivity contribution in [3.8, 4) is 0 Å². The van der Waals surface area contributed by atoms with Crippen LogP contribution in [0.3, 0.4) is 0 Å². The van der Waals surface area contributed by atoms with Gasteiger partial charge in [0, 0.05) is 72.0 Å². The predicted octanol–water partition coefficient (Wildman–Crippen LogP) is -3.27. The van der Waals surface area contributed by atoms with Crippen molar-refractivity contribution < 1.29 is 64.4 Å². The van der Waals surface area contributed by atoms with Crippen molar-refractivity contribution >= 4 is 115 Å². The third-order valence-corrected chi connectivity index (χ3v) is 6.42. The Morgan fingerprint density at radius 3 is 1.26 bits per heavy atom. The van der Waals surface area contributed by atoms with Gasteiger partial charge in [-0.25, -0.2) is 9.59 Å². The van der Waals surface area contributed by atoms with Gasteiger partial charge in [-0.15, -0.1) is 10.1 Å². The molecule has 0 aromatic carbocycles. The number of rotatable bonds is 9. The van der Waals surface area contributed by atoms with E-state index in [4.69, 9.17) is 9.11 Å². The largest absolute Gasteiger partial charge is 0.333 e. The monoisotopic (exact) mass is 546 g/mol. The van der Waals surface area contributed by atoms with Crippen LogP contribution in [0.1, 0.15) is 38.5 Å². The molecular formula is C14H16N2Na2O14S2. The van der Waals surface area contributed by atoms with Gasteiger partial charge in [-0.1, -0.05) is 0 Å². The maximum absolute atomic E-state index is 11.7. The van der Waals surface area contributed by atoms with E-state index in [0.29, 0.717) is 0 Å². The Bertz CT molecular complexity index is 1000. The smallest absolute Gasteiger partial charge is 0.330 e. The zero-order valence-electron chi connectivity index (χ0n) is 17.9. The molecule has 2 aliphatic heterocycles. The Morgan fingerprint density at radius 2 is 1.03 bits per heavy atom. The summed E-state index contributed by atoms with van der Waals surface area (Å²) in [6.45, 7) is 0. The first kappa shape index (κ1) is 33.0. The molecule has 2 N–H and O–H groups in total. The van der Waals surface area contributed by atoms with Crippen molar-refractivity contribution in [1.29, 1.82) is 0 Å². The second-order valence-electron chi connectivity index (χ2n) is 6.60. The molecule has 4 amide bonds. The first-order chi connectivity index (χ1) is 14.6. The molecule has 2 fully saturated rings. The van der Waals surface area contributed by atoms with Crippen LogP contribution < -0.4 is 0 Å². The fourth-order valence-corrected chi connectivity index (χ4v) is 4.06. The molecular weight excluding hydrogens is 530 g/mol. The SMILES string of the molecule is O=C(CCCCC(=O)ON1C(=O)CC(S(=O)(=O)O)C1=O)ON1C(=O)CC(S(=O)(=O)O)C1=O.[Na].[Na]. The summed E-state index contributed by atoms with van der Waals surface area (Å²) in [4.78, 5) is 79.0. The van der Waals surface area contributed by atoms with Gasteiger partial charge in [-0.3, -0.25) is 28.3 Å². The average Bonchev–Trinajstić information content (AvgIpc) is 3.10. The number of carbonyl (C=O) groups is 6. The molecule has 16 nitrogen and oxygen atoms in total. The van der Waals surface area contributed by atoms with Crippen LogP contribution in [-0.2, 0) is 58.7 Å². The van der Waals surface area contributed by atoms with Crippen LogP contribution >= 0.6 is 0 Å². The molecule has 2 atom stereocenters. The van der Waals surface area contributed by atoms with Crippen molar-refractivity contribution in [3.63, 3.8) is 0 Å². The molecule has 2 heterocycles. The molecule has 2 rings (SSSR count). The first-order valence-corrected chi connectivity index (χ1v) is 11.7. The zero-order chi connectivity index (χ0) is 24.4. The zero-order valence-corrected chi connectivity index (χ0v) is 23.5. The molecule has 0 aliphatic carbocycles. The summed E-state index contributed by atoms with van der Waals surface area (Å²) in [5.74, 6) is -7.43. The minimum atomic E-state index is -4.87. The number of unbranched alkanes of at least 4 members (excludes halogenated alkanes) is 1. The molecule has 2 aliphatic rings.